The Kier molecular flexibility index (Phi) is 3.33. The van der Waals surface area contributed by atoms with Gasteiger partial charge in [0.1, 0.15) is 11.3 Å². The van der Waals surface area contributed by atoms with Crippen molar-refractivity contribution in [1.29, 1.82) is 0 Å². The van der Waals surface area contributed by atoms with E-state index in [4.69, 9.17) is 9.15 Å². The molecule has 0 bridgehead atoms. The number of hydrogen-bond acceptors (Lipinski definition) is 3. The standard InChI is InChI=1S/C16H21NO2/c1-12-14(13-6-3-4-7-15(13)19-12)10-17-16(2)8-5-9-18-11-16/h3-4,6-7,17H,5,8-11H2,1-2H3. The molecule has 1 aliphatic heterocycles. The van der Waals surface area contributed by atoms with Crippen LogP contribution >= 0.6 is 0 Å². The van der Waals surface area contributed by atoms with Crippen LogP contribution in [0.3, 0.4) is 0 Å². The molecule has 1 fully saturated rings. The van der Waals surface area contributed by atoms with Crippen LogP contribution in [0.4, 0.5) is 0 Å². The predicted octanol–water partition coefficient (Wildman–Crippen LogP) is 3.40. The molecule has 1 saturated heterocycles. The van der Waals surface area contributed by atoms with Gasteiger partial charge in [0.2, 0.25) is 0 Å². The zero-order valence-corrected chi connectivity index (χ0v) is 11.7. The Balaban J connectivity index is 1.79. The van der Waals surface area contributed by atoms with Crippen molar-refractivity contribution in [3.8, 4) is 0 Å². The number of para-hydroxylation sites is 1. The number of aryl methyl sites for hydroxylation is 1. The van der Waals surface area contributed by atoms with Crippen LogP contribution in [0.1, 0.15) is 31.1 Å². The summed E-state index contributed by atoms with van der Waals surface area (Å²) in [6.45, 7) is 6.80. The highest BCUT2D eigenvalue weighted by Gasteiger charge is 2.27. The van der Waals surface area contributed by atoms with Gasteiger partial charge in [-0.2, -0.15) is 0 Å². The highest BCUT2D eigenvalue weighted by atomic mass is 16.5. The Morgan fingerprint density at radius 3 is 2.95 bits per heavy atom. The largest absolute Gasteiger partial charge is 0.461 e. The molecule has 102 valence electrons. The van der Waals surface area contributed by atoms with E-state index >= 15 is 0 Å². The quantitative estimate of drug-likeness (QED) is 0.917. The van der Waals surface area contributed by atoms with Crippen LogP contribution < -0.4 is 5.32 Å². The van der Waals surface area contributed by atoms with Crippen molar-refractivity contribution in [2.75, 3.05) is 13.2 Å². The summed E-state index contributed by atoms with van der Waals surface area (Å²) in [5.74, 6) is 1.01. The van der Waals surface area contributed by atoms with Crippen molar-refractivity contribution in [3.05, 3.63) is 35.6 Å². The summed E-state index contributed by atoms with van der Waals surface area (Å²) in [5, 5.41) is 4.86. The fourth-order valence-electron chi connectivity index (χ4n) is 2.82. The molecule has 2 aromatic rings. The van der Waals surface area contributed by atoms with Crippen LogP contribution in [0.2, 0.25) is 0 Å². The molecule has 1 aliphatic rings. The van der Waals surface area contributed by atoms with E-state index in [1.165, 1.54) is 17.4 Å². The Bertz CT molecular complexity index is 567. The Morgan fingerprint density at radius 2 is 2.16 bits per heavy atom. The lowest BCUT2D eigenvalue weighted by molar-refractivity contribution is 0.0278. The normalized spacial score (nSPS) is 23.9. The van der Waals surface area contributed by atoms with E-state index in [1.54, 1.807) is 0 Å². The maximum absolute atomic E-state index is 5.80. The Hall–Kier alpha value is -1.32. The van der Waals surface area contributed by atoms with Crippen LogP contribution in [-0.2, 0) is 11.3 Å². The molecule has 1 aromatic heterocycles. The first-order chi connectivity index (χ1) is 9.18. The maximum Gasteiger partial charge on any atom is 0.134 e. The van der Waals surface area contributed by atoms with Crippen molar-refractivity contribution < 1.29 is 9.15 Å². The lowest BCUT2D eigenvalue weighted by Crippen LogP contribution is -2.48. The van der Waals surface area contributed by atoms with E-state index in [9.17, 15) is 0 Å². The minimum Gasteiger partial charge on any atom is -0.461 e. The second-order valence-electron chi connectivity index (χ2n) is 5.70. The van der Waals surface area contributed by atoms with E-state index in [0.29, 0.717) is 0 Å². The van der Waals surface area contributed by atoms with Gasteiger partial charge in [0.05, 0.1) is 6.61 Å². The average molecular weight is 259 g/mol. The van der Waals surface area contributed by atoms with Crippen LogP contribution in [0.15, 0.2) is 28.7 Å². The number of rotatable bonds is 3. The summed E-state index contributed by atoms with van der Waals surface area (Å²) >= 11 is 0. The summed E-state index contributed by atoms with van der Waals surface area (Å²) in [6, 6.07) is 8.23. The molecule has 0 spiro atoms. The molecule has 19 heavy (non-hydrogen) atoms. The molecular weight excluding hydrogens is 238 g/mol. The van der Waals surface area contributed by atoms with Gasteiger partial charge >= 0.3 is 0 Å². The van der Waals surface area contributed by atoms with Crippen molar-refractivity contribution >= 4 is 11.0 Å². The number of nitrogens with one attached hydrogen (secondary N) is 1. The van der Waals surface area contributed by atoms with Gasteiger partial charge in [-0.1, -0.05) is 18.2 Å². The zero-order chi connectivity index (χ0) is 13.3. The maximum atomic E-state index is 5.80. The number of benzene rings is 1. The first-order valence-electron chi connectivity index (χ1n) is 6.98. The number of furan rings is 1. The van der Waals surface area contributed by atoms with E-state index in [-0.39, 0.29) is 5.54 Å². The molecule has 0 aliphatic carbocycles. The monoisotopic (exact) mass is 259 g/mol. The fourth-order valence-corrected chi connectivity index (χ4v) is 2.82. The van der Waals surface area contributed by atoms with E-state index in [0.717, 1.165) is 37.5 Å². The Morgan fingerprint density at radius 1 is 1.32 bits per heavy atom. The summed E-state index contributed by atoms with van der Waals surface area (Å²) < 4.78 is 11.4. The number of ether oxygens (including phenoxy) is 1. The minimum absolute atomic E-state index is 0.0864. The summed E-state index contributed by atoms with van der Waals surface area (Å²) in [4.78, 5) is 0. The van der Waals surface area contributed by atoms with Gasteiger partial charge in [0, 0.05) is 29.6 Å². The molecule has 1 aromatic carbocycles. The molecule has 2 heterocycles. The van der Waals surface area contributed by atoms with E-state index in [1.807, 2.05) is 19.1 Å². The van der Waals surface area contributed by atoms with Crippen molar-refractivity contribution in [3.63, 3.8) is 0 Å². The highest BCUT2D eigenvalue weighted by molar-refractivity contribution is 5.82. The van der Waals surface area contributed by atoms with Crippen molar-refractivity contribution in [2.24, 2.45) is 0 Å². The molecular formula is C16H21NO2. The van der Waals surface area contributed by atoms with Crippen LogP contribution in [0.5, 0.6) is 0 Å². The lowest BCUT2D eigenvalue weighted by Gasteiger charge is -2.34. The summed E-state index contributed by atoms with van der Waals surface area (Å²) in [6.07, 6.45) is 2.30. The first kappa shape index (κ1) is 12.7. The van der Waals surface area contributed by atoms with Gasteiger partial charge in [-0.25, -0.2) is 0 Å². The molecule has 0 radical (unpaired) electrons. The summed E-state index contributed by atoms with van der Waals surface area (Å²) in [5.41, 5.74) is 2.33. The fraction of sp³-hybridized carbons (Fsp3) is 0.500. The molecule has 3 nitrogen and oxygen atoms in total. The Labute approximate surface area is 113 Å². The number of hydrogen-bond donors (Lipinski definition) is 1. The van der Waals surface area contributed by atoms with Gasteiger partial charge in [0.25, 0.3) is 0 Å². The van der Waals surface area contributed by atoms with Gasteiger partial charge < -0.3 is 14.5 Å². The van der Waals surface area contributed by atoms with Gasteiger partial charge in [-0.15, -0.1) is 0 Å². The SMILES string of the molecule is Cc1oc2ccccc2c1CNC1(C)CCCOC1. The molecule has 3 rings (SSSR count). The molecule has 0 saturated carbocycles. The molecule has 1 N–H and O–H groups in total. The van der Waals surface area contributed by atoms with Crippen molar-refractivity contribution in [2.45, 2.75) is 38.8 Å². The van der Waals surface area contributed by atoms with E-state index in [2.05, 4.69) is 24.4 Å². The molecule has 1 atom stereocenters. The first-order valence-corrected chi connectivity index (χ1v) is 6.98. The lowest BCUT2D eigenvalue weighted by atomic mass is 9.94. The van der Waals surface area contributed by atoms with Gasteiger partial charge in [-0.3, -0.25) is 0 Å². The van der Waals surface area contributed by atoms with Crippen LogP contribution in [0, 0.1) is 6.92 Å². The average Bonchev–Trinajstić information content (AvgIpc) is 2.73. The highest BCUT2D eigenvalue weighted by Crippen LogP contribution is 2.26. The summed E-state index contributed by atoms with van der Waals surface area (Å²) in [7, 11) is 0. The van der Waals surface area contributed by atoms with Gasteiger partial charge in [0.15, 0.2) is 0 Å². The molecule has 0 amide bonds. The van der Waals surface area contributed by atoms with Crippen molar-refractivity contribution in [1.82, 2.24) is 5.32 Å². The van der Waals surface area contributed by atoms with Crippen LogP contribution in [0.25, 0.3) is 11.0 Å². The predicted molar refractivity (Wildman–Crippen MR) is 76.2 cm³/mol. The third kappa shape index (κ3) is 2.53. The molecule has 3 heteroatoms. The topological polar surface area (TPSA) is 34.4 Å². The van der Waals surface area contributed by atoms with Gasteiger partial charge in [-0.05, 0) is 32.8 Å². The smallest absolute Gasteiger partial charge is 0.134 e. The third-order valence-electron chi connectivity index (χ3n) is 4.03. The zero-order valence-electron chi connectivity index (χ0n) is 11.7. The van der Waals surface area contributed by atoms with E-state index < -0.39 is 0 Å². The second-order valence-corrected chi connectivity index (χ2v) is 5.70. The third-order valence-corrected chi connectivity index (χ3v) is 4.03. The number of fused-ring (bicyclic) bond motifs is 1. The van der Waals surface area contributed by atoms with Crippen LogP contribution in [-0.4, -0.2) is 18.8 Å². The molecule has 1 unspecified atom stereocenters. The second kappa shape index (κ2) is 4.99. The minimum atomic E-state index is 0.0864.